The fraction of sp³-hybridized carbons (Fsp3) is 0.400. The zero-order valence-electron chi connectivity index (χ0n) is 15.3. The third-order valence-electron chi connectivity index (χ3n) is 5.08. The maximum absolute atomic E-state index is 12.3. The molecule has 6 heteroatoms. The number of carbonyl (C=O) groups is 2. The Bertz CT molecular complexity index is 773. The first-order valence-electron chi connectivity index (χ1n) is 9.05. The molecule has 0 bridgehead atoms. The fourth-order valence-electron chi connectivity index (χ4n) is 3.48. The zero-order chi connectivity index (χ0) is 18.5. The van der Waals surface area contributed by atoms with Crippen molar-refractivity contribution in [3.05, 3.63) is 51.7 Å². The number of quaternary nitrogens is 1. The van der Waals surface area contributed by atoms with Gasteiger partial charge in [-0.1, -0.05) is 18.2 Å². The molecule has 0 saturated carbocycles. The highest BCUT2D eigenvalue weighted by Crippen LogP contribution is 2.23. The van der Waals surface area contributed by atoms with E-state index in [2.05, 4.69) is 28.1 Å². The van der Waals surface area contributed by atoms with Crippen molar-refractivity contribution in [1.29, 1.82) is 0 Å². The first-order valence-corrected chi connectivity index (χ1v) is 9.93. The van der Waals surface area contributed by atoms with Gasteiger partial charge in [0.05, 0.1) is 18.0 Å². The Labute approximate surface area is 158 Å². The van der Waals surface area contributed by atoms with Gasteiger partial charge in [-0.3, -0.25) is 9.59 Å². The largest absolute Gasteiger partial charge is 0.342 e. The second kappa shape index (κ2) is 8.47. The molecule has 1 aliphatic rings. The Morgan fingerprint density at radius 3 is 2.81 bits per heavy atom. The van der Waals surface area contributed by atoms with Crippen LogP contribution in [-0.4, -0.2) is 31.4 Å². The van der Waals surface area contributed by atoms with Gasteiger partial charge >= 0.3 is 0 Å². The second-order valence-corrected chi connectivity index (χ2v) is 7.85. The van der Waals surface area contributed by atoms with E-state index in [-0.39, 0.29) is 18.4 Å². The fourth-order valence-corrected chi connectivity index (χ4v) is 4.40. The minimum atomic E-state index is -0.196. The quantitative estimate of drug-likeness (QED) is 0.725. The highest BCUT2D eigenvalue weighted by Gasteiger charge is 2.32. The summed E-state index contributed by atoms with van der Waals surface area (Å²) in [5, 5.41) is 7.72. The number of nitrogens with one attached hydrogen (secondary N) is 3. The van der Waals surface area contributed by atoms with Crippen molar-refractivity contribution in [3.8, 4) is 0 Å². The molecule has 3 N–H and O–H groups in total. The molecule has 5 nitrogen and oxygen atoms in total. The lowest BCUT2D eigenvalue weighted by atomic mass is 10.1. The van der Waals surface area contributed by atoms with Crippen LogP contribution in [0.25, 0.3) is 0 Å². The Balaban J connectivity index is 1.48. The van der Waals surface area contributed by atoms with Crippen molar-refractivity contribution in [3.63, 3.8) is 0 Å². The topological polar surface area (TPSA) is 62.6 Å². The van der Waals surface area contributed by atoms with Crippen molar-refractivity contribution in [2.24, 2.45) is 0 Å². The second-order valence-electron chi connectivity index (χ2n) is 6.87. The van der Waals surface area contributed by atoms with E-state index in [1.165, 1.54) is 9.78 Å². The summed E-state index contributed by atoms with van der Waals surface area (Å²) in [4.78, 5) is 27.1. The lowest BCUT2D eigenvalue weighted by Crippen LogP contribution is -3.11. The molecule has 1 fully saturated rings. The van der Waals surface area contributed by atoms with E-state index in [1.807, 2.05) is 32.0 Å². The van der Waals surface area contributed by atoms with Gasteiger partial charge in [0.25, 0.3) is 5.91 Å². The van der Waals surface area contributed by atoms with Crippen LogP contribution in [0.4, 0.5) is 5.69 Å². The lowest BCUT2D eigenvalue weighted by molar-refractivity contribution is -0.910. The predicted octanol–water partition coefficient (Wildman–Crippen LogP) is 1.84. The van der Waals surface area contributed by atoms with Gasteiger partial charge in [-0.25, -0.2) is 0 Å². The summed E-state index contributed by atoms with van der Waals surface area (Å²) in [5.74, 6) is -0.266. The van der Waals surface area contributed by atoms with Crippen LogP contribution in [0.1, 0.15) is 34.9 Å². The molecule has 138 valence electrons. The number of aryl methyl sites for hydroxylation is 1. The summed E-state index contributed by atoms with van der Waals surface area (Å²) < 4.78 is 0. The highest BCUT2D eigenvalue weighted by molar-refractivity contribution is 7.10. The van der Waals surface area contributed by atoms with Crippen molar-refractivity contribution < 1.29 is 14.5 Å². The van der Waals surface area contributed by atoms with E-state index in [0.717, 1.165) is 36.2 Å². The summed E-state index contributed by atoms with van der Waals surface area (Å²) in [6.07, 6.45) is 2.26. The summed E-state index contributed by atoms with van der Waals surface area (Å²) in [6, 6.07) is 10.4. The van der Waals surface area contributed by atoms with Crippen LogP contribution in [0.5, 0.6) is 0 Å². The van der Waals surface area contributed by atoms with Crippen molar-refractivity contribution in [2.45, 2.75) is 32.7 Å². The van der Waals surface area contributed by atoms with Crippen molar-refractivity contribution >= 4 is 28.8 Å². The molecule has 26 heavy (non-hydrogen) atoms. The molecule has 2 heterocycles. The SMILES string of the molecule is Cc1cccc(NC(=O)CNC(=O)C[NH+]2CCC[C@@H]2c2cccs2)c1C. The number of likely N-dealkylation sites (tertiary alicyclic amines) is 1. The molecule has 2 aromatic rings. The number of amides is 2. The summed E-state index contributed by atoms with van der Waals surface area (Å²) in [6.45, 7) is 5.41. The van der Waals surface area contributed by atoms with E-state index in [1.54, 1.807) is 11.3 Å². The van der Waals surface area contributed by atoms with Gasteiger partial charge in [0.2, 0.25) is 5.91 Å². The monoisotopic (exact) mass is 372 g/mol. The number of anilines is 1. The molecule has 1 saturated heterocycles. The molecule has 2 amide bonds. The van der Waals surface area contributed by atoms with E-state index in [4.69, 9.17) is 0 Å². The van der Waals surface area contributed by atoms with Crippen LogP contribution in [0.3, 0.4) is 0 Å². The molecule has 0 radical (unpaired) electrons. The molecule has 0 spiro atoms. The number of hydrogen-bond donors (Lipinski definition) is 3. The Hall–Kier alpha value is -2.18. The standard InChI is InChI=1S/C20H25N3O2S/c1-14-6-3-7-16(15(14)2)22-19(24)12-21-20(25)13-23-10-4-8-17(23)18-9-5-11-26-18/h3,5-7,9,11,17H,4,8,10,12-13H2,1-2H3,(H,21,25)(H,22,24)/p+1/t17-/m1/s1. The molecule has 1 aliphatic heterocycles. The van der Waals surface area contributed by atoms with E-state index >= 15 is 0 Å². The number of hydrogen-bond acceptors (Lipinski definition) is 3. The maximum atomic E-state index is 12.3. The van der Waals surface area contributed by atoms with E-state index < -0.39 is 0 Å². The third-order valence-corrected chi connectivity index (χ3v) is 6.07. The van der Waals surface area contributed by atoms with Crippen LogP contribution in [0.15, 0.2) is 35.7 Å². The van der Waals surface area contributed by atoms with Crippen LogP contribution in [0, 0.1) is 13.8 Å². The average molecular weight is 373 g/mol. The first kappa shape index (κ1) is 18.6. The summed E-state index contributed by atoms with van der Waals surface area (Å²) in [5.41, 5.74) is 2.98. The smallest absolute Gasteiger partial charge is 0.275 e. The average Bonchev–Trinajstić information content (AvgIpc) is 3.28. The Kier molecular flexibility index (Phi) is 6.06. The zero-order valence-corrected chi connectivity index (χ0v) is 16.1. The van der Waals surface area contributed by atoms with Crippen LogP contribution in [-0.2, 0) is 9.59 Å². The Morgan fingerprint density at radius 2 is 2.04 bits per heavy atom. The van der Waals surface area contributed by atoms with Gasteiger partial charge < -0.3 is 15.5 Å². The minimum absolute atomic E-state index is 0.00314. The van der Waals surface area contributed by atoms with Gasteiger partial charge in [0.15, 0.2) is 6.54 Å². The third kappa shape index (κ3) is 4.51. The van der Waals surface area contributed by atoms with Crippen molar-refractivity contribution in [1.82, 2.24) is 5.32 Å². The van der Waals surface area contributed by atoms with E-state index in [0.29, 0.717) is 12.6 Å². The molecular weight excluding hydrogens is 346 g/mol. The predicted molar refractivity (Wildman–Crippen MR) is 105 cm³/mol. The van der Waals surface area contributed by atoms with E-state index in [9.17, 15) is 9.59 Å². The Morgan fingerprint density at radius 1 is 1.19 bits per heavy atom. The van der Waals surface area contributed by atoms with Gasteiger partial charge in [0.1, 0.15) is 6.04 Å². The summed E-state index contributed by atoms with van der Waals surface area (Å²) >= 11 is 1.76. The molecule has 1 aromatic carbocycles. The highest BCUT2D eigenvalue weighted by atomic mass is 32.1. The van der Waals surface area contributed by atoms with Gasteiger partial charge in [-0.15, -0.1) is 11.3 Å². The molecule has 2 atom stereocenters. The normalized spacial score (nSPS) is 19.3. The lowest BCUT2D eigenvalue weighted by Gasteiger charge is -2.20. The molecule has 3 rings (SSSR count). The van der Waals surface area contributed by atoms with Crippen molar-refractivity contribution in [2.75, 3.05) is 25.0 Å². The molecular formula is C20H26N3O2S+. The van der Waals surface area contributed by atoms with Crippen LogP contribution >= 0.6 is 11.3 Å². The van der Waals surface area contributed by atoms with Gasteiger partial charge in [-0.2, -0.15) is 0 Å². The number of benzene rings is 1. The van der Waals surface area contributed by atoms with Gasteiger partial charge in [-0.05, 0) is 42.5 Å². The van der Waals surface area contributed by atoms with Crippen LogP contribution in [0.2, 0.25) is 0 Å². The number of rotatable bonds is 6. The molecule has 0 aliphatic carbocycles. The number of thiophene rings is 1. The maximum Gasteiger partial charge on any atom is 0.275 e. The number of carbonyl (C=O) groups excluding carboxylic acids is 2. The minimum Gasteiger partial charge on any atom is -0.342 e. The first-order chi connectivity index (χ1) is 12.5. The molecule has 1 unspecified atom stereocenters. The summed E-state index contributed by atoms with van der Waals surface area (Å²) in [7, 11) is 0. The van der Waals surface area contributed by atoms with Crippen LogP contribution < -0.4 is 15.5 Å². The van der Waals surface area contributed by atoms with Gasteiger partial charge in [0, 0.05) is 18.5 Å². The molecule has 1 aromatic heterocycles.